The summed E-state index contributed by atoms with van der Waals surface area (Å²) in [5.74, 6) is -0.802. The van der Waals surface area contributed by atoms with Gasteiger partial charge >= 0.3 is 0 Å². The molecule has 0 radical (unpaired) electrons. The number of nitrogens with zero attached hydrogens (tertiary/aromatic N) is 2. The molecule has 1 aliphatic rings. The van der Waals surface area contributed by atoms with Crippen LogP contribution in [0.4, 0.5) is 15.8 Å². The van der Waals surface area contributed by atoms with Crippen molar-refractivity contribution in [3.63, 3.8) is 0 Å². The van der Waals surface area contributed by atoms with Crippen LogP contribution in [-0.4, -0.2) is 29.4 Å². The average molecular weight is 290 g/mol. The molecule has 5 nitrogen and oxygen atoms in total. The number of hydrogen-bond acceptors (Lipinski definition) is 4. The highest BCUT2D eigenvalue weighted by molar-refractivity contribution is 5.95. The number of benzene rings is 1. The van der Waals surface area contributed by atoms with Gasteiger partial charge in [-0.1, -0.05) is 0 Å². The third kappa shape index (κ3) is 3.92. The Hall–Kier alpha value is -2.13. The van der Waals surface area contributed by atoms with E-state index in [1.54, 1.807) is 6.92 Å². The first-order valence-corrected chi connectivity index (χ1v) is 7.01. The molecule has 0 heterocycles. The van der Waals surface area contributed by atoms with E-state index in [0.717, 1.165) is 12.8 Å². The van der Waals surface area contributed by atoms with Crippen LogP contribution in [0, 0.1) is 17.1 Å². The van der Waals surface area contributed by atoms with Crippen molar-refractivity contribution >= 4 is 17.3 Å². The fourth-order valence-corrected chi connectivity index (χ4v) is 2.30. The Morgan fingerprint density at radius 3 is 2.95 bits per heavy atom. The SMILES string of the molecule is CC(C(=O)Nc1cc(N)ccc1F)N(CCC#N)C1CC1. The van der Waals surface area contributed by atoms with Crippen molar-refractivity contribution in [1.82, 2.24) is 4.90 Å². The van der Waals surface area contributed by atoms with Gasteiger partial charge in [-0.3, -0.25) is 9.69 Å². The van der Waals surface area contributed by atoms with Gasteiger partial charge in [0.15, 0.2) is 0 Å². The maximum Gasteiger partial charge on any atom is 0.241 e. The molecule has 1 aromatic rings. The van der Waals surface area contributed by atoms with Gasteiger partial charge < -0.3 is 11.1 Å². The predicted molar refractivity (Wildman–Crippen MR) is 78.9 cm³/mol. The van der Waals surface area contributed by atoms with Crippen LogP contribution in [0.15, 0.2) is 18.2 Å². The summed E-state index contributed by atoms with van der Waals surface area (Å²) in [5, 5.41) is 11.3. The van der Waals surface area contributed by atoms with E-state index in [0.29, 0.717) is 24.7 Å². The summed E-state index contributed by atoms with van der Waals surface area (Å²) < 4.78 is 13.6. The fourth-order valence-electron chi connectivity index (χ4n) is 2.30. The van der Waals surface area contributed by atoms with Crippen LogP contribution in [0.25, 0.3) is 0 Å². The normalized spacial score (nSPS) is 15.5. The van der Waals surface area contributed by atoms with E-state index in [-0.39, 0.29) is 11.6 Å². The molecule has 1 aromatic carbocycles. The zero-order valence-corrected chi connectivity index (χ0v) is 12.0. The van der Waals surface area contributed by atoms with Crippen molar-refractivity contribution in [2.45, 2.75) is 38.3 Å². The highest BCUT2D eigenvalue weighted by Gasteiger charge is 2.34. The van der Waals surface area contributed by atoms with Gasteiger partial charge in [-0.15, -0.1) is 0 Å². The molecular formula is C15H19FN4O. The molecule has 21 heavy (non-hydrogen) atoms. The summed E-state index contributed by atoms with van der Waals surface area (Å²) in [6.07, 6.45) is 2.45. The second kappa shape index (κ2) is 6.55. The van der Waals surface area contributed by atoms with E-state index >= 15 is 0 Å². The van der Waals surface area contributed by atoms with E-state index in [1.165, 1.54) is 18.2 Å². The van der Waals surface area contributed by atoms with Crippen molar-refractivity contribution in [2.24, 2.45) is 0 Å². The molecule has 2 rings (SSSR count). The molecule has 0 aliphatic heterocycles. The summed E-state index contributed by atoms with van der Waals surface area (Å²) in [5.41, 5.74) is 6.08. The van der Waals surface area contributed by atoms with Crippen LogP contribution in [0.1, 0.15) is 26.2 Å². The number of nitrogens with one attached hydrogen (secondary N) is 1. The fraction of sp³-hybridized carbons (Fsp3) is 0.467. The number of anilines is 2. The van der Waals surface area contributed by atoms with Crippen molar-refractivity contribution in [3.8, 4) is 6.07 Å². The summed E-state index contributed by atoms with van der Waals surface area (Å²) in [6, 6.07) is 6.10. The Morgan fingerprint density at radius 2 is 2.33 bits per heavy atom. The smallest absolute Gasteiger partial charge is 0.241 e. The number of hydrogen-bond donors (Lipinski definition) is 2. The highest BCUT2D eigenvalue weighted by atomic mass is 19.1. The topological polar surface area (TPSA) is 82.2 Å². The minimum absolute atomic E-state index is 0.0860. The third-order valence-electron chi connectivity index (χ3n) is 3.62. The zero-order chi connectivity index (χ0) is 15.4. The molecule has 0 spiro atoms. The van der Waals surface area contributed by atoms with Crippen molar-refractivity contribution in [2.75, 3.05) is 17.6 Å². The first kappa shape index (κ1) is 15.3. The summed E-state index contributed by atoms with van der Waals surface area (Å²) in [4.78, 5) is 14.3. The first-order chi connectivity index (χ1) is 10.0. The number of nitrogens with two attached hydrogens (primary N) is 1. The molecule has 0 aromatic heterocycles. The predicted octanol–water partition coefficient (Wildman–Crippen LogP) is 2.11. The molecule has 112 valence electrons. The number of nitrogen functional groups attached to an aromatic ring is 1. The number of rotatable bonds is 6. The third-order valence-corrected chi connectivity index (χ3v) is 3.62. The number of halogens is 1. The molecular weight excluding hydrogens is 271 g/mol. The lowest BCUT2D eigenvalue weighted by Crippen LogP contribution is -2.44. The van der Waals surface area contributed by atoms with Crippen LogP contribution in [0.3, 0.4) is 0 Å². The van der Waals surface area contributed by atoms with Gasteiger partial charge in [-0.05, 0) is 38.0 Å². The molecule has 1 amide bonds. The van der Waals surface area contributed by atoms with Crippen LogP contribution < -0.4 is 11.1 Å². The van der Waals surface area contributed by atoms with E-state index in [2.05, 4.69) is 11.4 Å². The van der Waals surface area contributed by atoms with Crippen LogP contribution in [-0.2, 0) is 4.79 Å². The molecule has 6 heteroatoms. The van der Waals surface area contributed by atoms with Gasteiger partial charge in [0.1, 0.15) is 5.82 Å². The Labute approximate surface area is 123 Å². The first-order valence-electron chi connectivity index (χ1n) is 7.01. The van der Waals surface area contributed by atoms with E-state index < -0.39 is 11.9 Å². The standard InChI is InChI=1S/C15H19FN4O/c1-10(20(8-2-7-17)12-4-5-12)15(21)19-14-9-11(18)3-6-13(14)16/h3,6,9-10,12H,2,4-5,8,18H2,1H3,(H,19,21). The average Bonchev–Trinajstić information content (AvgIpc) is 3.27. The molecule has 1 saturated carbocycles. The quantitative estimate of drug-likeness (QED) is 0.786. The molecule has 3 N–H and O–H groups in total. The maximum atomic E-state index is 13.6. The Kier molecular flexibility index (Phi) is 4.76. The number of carbonyl (C=O) groups excluding carboxylic acids is 1. The minimum atomic E-state index is -0.514. The summed E-state index contributed by atoms with van der Waals surface area (Å²) in [6.45, 7) is 2.32. The largest absolute Gasteiger partial charge is 0.399 e. The van der Waals surface area contributed by atoms with Gasteiger partial charge in [-0.25, -0.2) is 4.39 Å². The Bertz CT molecular complexity index is 565. The van der Waals surface area contributed by atoms with E-state index in [4.69, 9.17) is 11.0 Å². The molecule has 1 unspecified atom stereocenters. The molecule has 1 atom stereocenters. The monoisotopic (exact) mass is 290 g/mol. The minimum Gasteiger partial charge on any atom is -0.399 e. The van der Waals surface area contributed by atoms with Gasteiger partial charge in [0.2, 0.25) is 5.91 Å². The van der Waals surface area contributed by atoms with Crippen LogP contribution >= 0.6 is 0 Å². The molecule has 1 aliphatic carbocycles. The lowest BCUT2D eigenvalue weighted by atomic mass is 10.2. The van der Waals surface area contributed by atoms with Crippen molar-refractivity contribution < 1.29 is 9.18 Å². The molecule has 1 fully saturated rings. The number of carbonyl (C=O) groups is 1. The summed E-state index contributed by atoms with van der Waals surface area (Å²) >= 11 is 0. The Morgan fingerprint density at radius 1 is 1.62 bits per heavy atom. The van der Waals surface area contributed by atoms with Crippen LogP contribution in [0.2, 0.25) is 0 Å². The number of amides is 1. The van der Waals surface area contributed by atoms with Crippen molar-refractivity contribution in [3.05, 3.63) is 24.0 Å². The van der Waals surface area contributed by atoms with Crippen molar-refractivity contribution in [1.29, 1.82) is 5.26 Å². The van der Waals surface area contributed by atoms with Gasteiger partial charge in [-0.2, -0.15) is 5.26 Å². The van der Waals surface area contributed by atoms with Crippen LogP contribution in [0.5, 0.6) is 0 Å². The lowest BCUT2D eigenvalue weighted by molar-refractivity contribution is -0.121. The van der Waals surface area contributed by atoms with E-state index in [1.807, 2.05) is 4.90 Å². The molecule has 0 bridgehead atoms. The summed E-state index contributed by atoms with van der Waals surface area (Å²) in [7, 11) is 0. The van der Waals surface area contributed by atoms with E-state index in [9.17, 15) is 9.18 Å². The molecule has 0 saturated heterocycles. The van der Waals surface area contributed by atoms with Gasteiger partial charge in [0.25, 0.3) is 0 Å². The Balaban J connectivity index is 2.04. The number of nitriles is 1. The lowest BCUT2D eigenvalue weighted by Gasteiger charge is -2.27. The van der Waals surface area contributed by atoms with Gasteiger partial charge in [0.05, 0.1) is 17.8 Å². The second-order valence-electron chi connectivity index (χ2n) is 5.28. The van der Waals surface area contributed by atoms with Gasteiger partial charge in [0, 0.05) is 24.7 Å². The zero-order valence-electron chi connectivity index (χ0n) is 12.0. The maximum absolute atomic E-state index is 13.6. The highest BCUT2D eigenvalue weighted by Crippen LogP contribution is 2.29. The second-order valence-corrected chi connectivity index (χ2v) is 5.28.